The van der Waals surface area contributed by atoms with E-state index < -0.39 is 0 Å². The van der Waals surface area contributed by atoms with E-state index in [1.807, 2.05) is 0 Å². The molecule has 4 nitrogen and oxygen atoms in total. The third kappa shape index (κ3) is 7.03. The van der Waals surface area contributed by atoms with Gasteiger partial charge < -0.3 is 14.2 Å². The van der Waals surface area contributed by atoms with Crippen LogP contribution in [0.4, 0.5) is 51.4 Å². The number of hydrogen-bond donors (Lipinski definition) is 0. The van der Waals surface area contributed by atoms with Crippen LogP contribution in [0.15, 0.2) is 180 Å². The normalized spacial score (nSPS) is 15.3. The molecule has 1 aromatic heterocycles. The van der Waals surface area contributed by atoms with Crippen molar-refractivity contribution in [2.24, 2.45) is 0 Å². The molecule has 0 amide bonds. The Bertz CT molecular complexity index is 3410. The van der Waals surface area contributed by atoms with Crippen molar-refractivity contribution in [2.75, 3.05) is 14.7 Å². The lowest BCUT2D eigenvalue weighted by Crippen LogP contribution is -2.61. The van der Waals surface area contributed by atoms with Gasteiger partial charge in [-0.3, -0.25) is 4.90 Å². The highest BCUT2D eigenvalue weighted by molar-refractivity contribution is 7.01. The molecule has 3 heterocycles. The molecule has 0 N–H and O–H groups in total. The van der Waals surface area contributed by atoms with Gasteiger partial charge in [0.2, 0.25) is 5.88 Å². The van der Waals surface area contributed by atoms with Crippen molar-refractivity contribution in [3.63, 3.8) is 0 Å². The van der Waals surface area contributed by atoms with Gasteiger partial charge in [-0.15, -0.1) is 0 Å². The van der Waals surface area contributed by atoms with Crippen LogP contribution in [0, 0.1) is 13.8 Å². The van der Waals surface area contributed by atoms with E-state index in [-0.39, 0.29) is 23.0 Å². The largest absolute Gasteiger partial charge is 0.440 e. The van der Waals surface area contributed by atoms with E-state index in [2.05, 4.69) is 253 Å². The second-order valence-corrected chi connectivity index (χ2v) is 22.3. The number of anilines is 9. The third-order valence-electron chi connectivity index (χ3n) is 15.6. The highest BCUT2D eigenvalue weighted by Crippen LogP contribution is 2.51. The quantitative estimate of drug-likeness (QED) is 0.155. The number of fused-ring (bicyclic) bond motifs is 7. The molecule has 2 aliphatic heterocycles. The molecule has 69 heavy (non-hydrogen) atoms. The van der Waals surface area contributed by atoms with Crippen LogP contribution in [-0.2, 0) is 16.2 Å². The molecule has 0 saturated heterocycles. The Balaban J connectivity index is 1.15. The van der Waals surface area contributed by atoms with Gasteiger partial charge in [0.1, 0.15) is 5.58 Å². The molecule has 0 unspecified atom stereocenters. The predicted octanol–water partition coefficient (Wildman–Crippen LogP) is 15.9. The summed E-state index contributed by atoms with van der Waals surface area (Å²) in [7, 11) is 0. The summed E-state index contributed by atoms with van der Waals surface area (Å²) in [5.74, 6) is 0.902. The minimum Gasteiger partial charge on any atom is -0.440 e. The van der Waals surface area contributed by atoms with Crippen LogP contribution in [0.2, 0.25) is 0 Å². The van der Waals surface area contributed by atoms with Crippen molar-refractivity contribution < 1.29 is 4.42 Å². The van der Waals surface area contributed by atoms with Crippen molar-refractivity contribution in [1.82, 2.24) is 0 Å². The molecule has 12 rings (SSSR count). The lowest BCUT2D eigenvalue weighted by molar-refractivity contribution is 0.332. The average molecular weight is 898 g/mol. The standard InChI is InChI=1S/C64H60BN3O/c1-41-17-16-22-50(35-41)67-55-36-42(2)23-32-54(55)65-59-51-39-52-53(64(8,9)34-33-63(52,6)7)40-58(51)69-61(59)68(49-30-26-45(27-31-49)62(3,4)5)57-38-44(37-56(67)60(57)65)43-24-28-48(29-25-43)66(46-18-12-10-13-19-46)47-20-14-11-15-21-47/h10-32,35-40H,33-34H2,1-9H3. The zero-order chi connectivity index (χ0) is 47.6. The van der Waals surface area contributed by atoms with Crippen molar-refractivity contribution >= 4 is 85.5 Å². The van der Waals surface area contributed by atoms with E-state index >= 15 is 0 Å². The van der Waals surface area contributed by atoms with Crippen LogP contribution >= 0.6 is 0 Å². The van der Waals surface area contributed by atoms with Gasteiger partial charge in [0.15, 0.2) is 0 Å². The number of rotatable bonds is 6. The molecule has 1 aliphatic carbocycles. The van der Waals surface area contributed by atoms with E-state index in [1.54, 1.807) is 0 Å². The van der Waals surface area contributed by atoms with E-state index in [0.717, 1.165) is 69.6 Å². The molecule has 0 spiro atoms. The first-order chi connectivity index (χ1) is 33.1. The number of nitrogens with zero attached hydrogens (tertiary/aromatic N) is 3. The van der Waals surface area contributed by atoms with Crippen molar-refractivity contribution in [3.8, 4) is 11.1 Å². The van der Waals surface area contributed by atoms with Gasteiger partial charge in [0.05, 0.1) is 0 Å². The molecule has 8 aromatic carbocycles. The zero-order valence-electron chi connectivity index (χ0n) is 41.5. The Morgan fingerprint density at radius 1 is 0.507 bits per heavy atom. The Morgan fingerprint density at radius 2 is 1.10 bits per heavy atom. The number of hydrogen-bond acceptors (Lipinski definition) is 4. The van der Waals surface area contributed by atoms with Crippen LogP contribution in [-0.4, -0.2) is 6.71 Å². The summed E-state index contributed by atoms with van der Waals surface area (Å²) in [6.07, 6.45) is 2.29. The maximum atomic E-state index is 7.48. The second kappa shape index (κ2) is 15.6. The third-order valence-corrected chi connectivity index (χ3v) is 15.6. The summed E-state index contributed by atoms with van der Waals surface area (Å²) in [6.45, 7) is 20.9. The van der Waals surface area contributed by atoms with Gasteiger partial charge in [0.25, 0.3) is 6.71 Å². The highest BCUT2D eigenvalue weighted by atomic mass is 16.4. The lowest BCUT2D eigenvalue weighted by atomic mass is 9.33. The van der Waals surface area contributed by atoms with Crippen LogP contribution in [0.3, 0.4) is 0 Å². The first kappa shape index (κ1) is 43.1. The Morgan fingerprint density at radius 3 is 1.72 bits per heavy atom. The van der Waals surface area contributed by atoms with Gasteiger partial charge in [-0.1, -0.05) is 133 Å². The summed E-state index contributed by atoms with van der Waals surface area (Å²) >= 11 is 0. The van der Waals surface area contributed by atoms with Gasteiger partial charge in [-0.25, -0.2) is 0 Å². The fourth-order valence-electron chi connectivity index (χ4n) is 11.7. The van der Waals surface area contributed by atoms with E-state index in [0.29, 0.717) is 0 Å². The number of benzene rings is 8. The summed E-state index contributed by atoms with van der Waals surface area (Å²) in [5, 5.41) is 1.21. The van der Waals surface area contributed by atoms with Crippen molar-refractivity contribution in [1.29, 1.82) is 0 Å². The topological polar surface area (TPSA) is 22.9 Å². The summed E-state index contributed by atoms with van der Waals surface area (Å²) in [5.41, 5.74) is 22.9. The van der Waals surface area contributed by atoms with Crippen molar-refractivity contribution in [2.45, 2.75) is 91.4 Å². The number of aryl methyl sites for hydroxylation is 2. The number of furan rings is 1. The fourth-order valence-corrected chi connectivity index (χ4v) is 11.7. The smallest absolute Gasteiger partial charge is 0.257 e. The summed E-state index contributed by atoms with van der Waals surface area (Å²) < 4.78 is 7.48. The van der Waals surface area contributed by atoms with Gasteiger partial charge in [0, 0.05) is 56.3 Å². The van der Waals surface area contributed by atoms with E-state index in [9.17, 15) is 0 Å². The molecule has 0 radical (unpaired) electrons. The Labute approximate surface area is 409 Å². The first-order valence-corrected chi connectivity index (χ1v) is 24.8. The summed E-state index contributed by atoms with van der Waals surface area (Å²) in [4.78, 5) is 7.32. The molecular weight excluding hydrogens is 838 g/mol. The van der Waals surface area contributed by atoms with Gasteiger partial charge in [-0.2, -0.15) is 0 Å². The molecule has 0 fully saturated rings. The molecule has 0 atom stereocenters. The van der Waals surface area contributed by atoms with Crippen LogP contribution in [0.5, 0.6) is 0 Å². The Kier molecular flexibility index (Phi) is 9.77. The monoisotopic (exact) mass is 897 g/mol. The van der Waals surface area contributed by atoms with Gasteiger partial charge in [-0.05, 0) is 184 Å². The molecular formula is C64H60BN3O. The minimum absolute atomic E-state index is 0.00667. The molecule has 9 aromatic rings. The predicted molar refractivity (Wildman–Crippen MR) is 294 cm³/mol. The van der Waals surface area contributed by atoms with Crippen molar-refractivity contribution in [3.05, 3.63) is 204 Å². The molecule has 0 saturated carbocycles. The van der Waals surface area contributed by atoms with E-state index in [4.69, 9.17) is 4.42 Å². The molecule has 5 heteroatoms. The maximum Gasteiger partial charge on any atom is 0.257 e. The number of para-hydroxylation sites is 2. The maximum absolute atomic E-state index is 7.48. The fraction of sp³-hybridized carbons (Fsp3) is 0.219. The average Bonchev–Trinajstić information content (AvgIpc) is 3.71. The first-order valence-electron chi connectivity index (χ1n) is 24.8. The zero-order valence-corrected chi connectivity index (χ0v) is 41.5. The van der Waals surface area contributed by atoms with E-state index in [1.165, 1.54) is 61.0 Å². The molecule has 340 valence electrons. The molecule has 3 aliphatic rings. The second-order valence-electron chi connectivity index (χ2n) is 22.3. The van der Waals surface area contributed by atoms with Crippen LogP contribution < -0.4 is 31.1 Å². The lowest BCUT2D eigenvalue weighted by Gasteiger charge is -2.43. The Hall–Kier alpha value is -7.24. The molecule has 0 bridgehead atoms. The highest BCUT2D eigenvalue weighted by Gasteiger charge is 2.48. The van der Waals surface area contributed by atoms with Crippen LogP contribution in [0.1, 0.15) is 89.1 Å². The minimum atomic E-state index is -0.0764. The van der Waals surface area contributed by atoms with Gasteiger partial charge >= 0.3 is 0 Å². The SMILES string of the molecule is Cc1cccc(N2c3cc(C)ccc3B3c4c2cc(-c2ccc(N(c5ccccc5)c5ccccc5)cc2)cc4N(c2ccc(C(C)(C)C)cc2)c2oc4cc5c(cc4c23)C(C)(C)CCC5(C)C)c1. The summed E-state index contributed by atoms with van der Waals surface area (Å²) in [6, 6.07) is 65.6. The van der Waals surface area contributed by atoms with Crippen LogP contribution in [0.25, 0.3) is 22.1 Å².